The third kappa shape index (κ3) is 1.47. The highest BCUT2D eigenvalue weighted by Crippen LogP contribution is 2.28. The predicted octanol–water partition coefficient (Wildman–Crippen LogP) is 2.08. The molecule has 3 nitrogen and oxygen atoms in total. The number of hydrogen-bond donors (Lipinski definition) is 2. The Hall–Kier alpha value is -1.55. The fourth-order valence-electron chi connectivity index (χ4n) is 1.81. The van der Waals surface area contributed by atoms with Crippen molar-refractivity contribution in [3.63, 3.8) is 0 Å². The lowest BCUT2D eigenvalue weighted by Gasteiger charge is -2.02. The molecule has 0 radical (unpaired) electrons. The molecular formula is C11H13FN2O. The van der Waals surface area contributed by atoms with Crippen molar-refractivity contribution in [2.45, 2.75) is 13.5 Å². The number of hydrogen-bond acceptors (Lipinski definition) is 2. The van der Waals surface area contributed by atoms with E-state index in [1.54, 1.807) is 6.07 Å². The summed E-state index contributed by atoms with van der Waals surface area (Å²) in [6.07, 6.45) is 0. The predicted molar refractivity (Wildman–Crippen MR) is 57.4 cm³/mol. The Bertz CT molecular complexity index is 505. The Morgan fingerprint density at radius 2 is 2.20 bits per heavy atom. The van der Waals surface area contributed by atoms with Crippen molar-refractivity contribution in [3.8, 4) is 5.75 Å². The van der Waals surface area contributed by atoms with Crippen LogP contribution in [0.15, 0.2) is 12.1 Å². The zero-order valence-corrected chi connectivity index (χ0v) is 8.73. The Morgan fingerprint density at radius 3 is 2.80 bits per heavy atom. The first-order valence-electron chi connectivity index (χ1n) is 4.72. The molecule has 15 heavy (non-hydrogen) atoms. The molecule has 0 amide bonds. The van der Waals surface area contributed by atoms with Crippen molar-refractivity contribution in [1.29, 1.82) is 0 Å². The highest BCUT2D eigenvalue weighted by atomic mass is 19.1. The summed E-state index contributed by atoms with van der Waals surface area (Å²) in [5.41, 5.74) is 8.38. The first-order chi connectivity index (χ1) is 7.17. The average molecular weight is 208 g/mol. The summed E-state index contributed by atoms with van der Waals surface area (Å²) >= 11 is 0. The molecule has 2 rings (SSSR count). The molecule has 0 aliphatic heterocycles. The minimum Gasteiger partial charge on any atom is -0.494 e. The molecule has 0 aliphatic carbocycles. The number of ether oxygens (including phenoxy) is 1. The molecule has 0 bridgehead atoms. The molecule has 0 saturated carbocycles. The lowest BCUT2D eigenvalue weighted by Crippen LogP contribution is -1.97. The fraction of sp³-hybridized carbons (Fsp3) is 0.273. The van der Waals surface area contributed by atoms with Crippen LogP contribution in [0, 0.1) is 12.7 Å². The van der Waals surface area contributed by atoms with E-state index in [4.69, 9.17) is 10.5 Å². The summed E-state index contributed by atoms with van der Waals surface area (Å²) in [6, 6.07) is 3.11. The van der Waals surface area contributed by atoms with E-state index in [1.165, 1.54) is 13.2 Å². The van der Waals surface area contributed by atoms with Gasteiger partial charge in [-0.2, -0.15) is 0 Å². The van der Waals surface area contributed by atoms with Crippen LogP contribution in [0.2, 0.25) is 0 Å². The number of aromatic amines is 1. The Kier molecular flexibility index (Phi) is 2.36. The normalized spacial score (nSPS) is 10.9. The Balaban J connectivity index is 2.75. The largest absolute Gasteiger partial charge is 0.494 e. The Labute approximate surface area is 87.0 Å². The summed E-state index contributed by atoms with van der Waals surface area (Å²) in [5.74, 6) is -0.119. The summed E-state index contributed by atoms with van der Waals surface area (Å²) in [6.45, 7) is 2.32. The van der Waals surface area contributed by atoms with Gasteiger partial charge in [0.25, 0.3) is 0 Å². The van der Waals surface area contributed by atoms with Gasteiger partial charge >= 0.3 is 0 Å². The van der Waals surface area contributed by atoms with Gasteiger partial charge in [0.2, 0.25) is 0 Å². The van der Waals surface area contributed by atoms with Crippen LogP contribution in [-0.4, -0.2) is 12.1 Å². The number of nitrogens with one attached hydrogen (secondary N) is 1. The highest BCUT2D eigenvalue weighted by molar-refractivity contribution is 5.86. The van der Waals surface area contributed by atoms with Gasteiger partial charge in [-0.15, -0.1) is 0 Å². The van der Waals surface area contributed by atoms with Gasteiger partial charge in [0, 0.05) is 29.2 Å². The smallest absolute Gasteiger partial charge is 0.165 e. The monoisotopic (exact) mass is 208 g/mol. The van der Waals surface area contributed by atoms with Gasteiger partial charge in [0.1, 0.15) is 0 Å². The maximum absolute atomic E-state index is 13.5. The number of methoxy groups -OCH3 is 1. The molecule has 1 aromatic carbocycles. The first kappa shape index (κ1) is 9.98. The van der Waals surface area contributed by atoms with Crippen LogP contribution in [0.5, 0.6) is 5.75 Å². The van der Waals surface area contributed by atoms with Gasteiger partial charge in [0.15, 0.2) is 11.6 Å². The molecule has 1 aromatic heterocycles. The van der Waals surface area contributed by atoms with Gasteiger partial charge in [-0.05, 0) is 18.6 Å². The molecule has 0 aliphatic rings. The fourth-order valence-corrected chi connectivity index (χ4v) is 1.81. The van der Waals surface area contributed by atoms with E-state index in [-0.39, 0.29) is 11.6 Å². The number of aryl methyl sites for hydroxylation is 1. The molecule has 2 aromatic rings. The number of aromatic nitrogens is 1. The van der Waals surface area contributed by atoms with E-state index in [0.29, 0.717) is 6.54 Å². The van der Waals surface area contributed by atoms with Crippen LogP contribution < -0.4 is 10.5 Å². The molecule has 3 N–H and O–H groups in total. The summed E-state index contributed by atoms with van der Waals surface area (Å²) in [7, 11) is 1.45. The number of nitrogens with two attached hydrogens (primary N) is 1. The van der Waals surface area contributed by atoms with Gasteiger partial charge < -0.3 is 15.5 Å². The number of rotatable bonds is 2. The van der Waals surface area contributed by atoms with Crippen molar-refractivity contribution in [1.82, 2.24) is 4.98 Å². The number of halogens is 1. The lowest BCUT2D eigenvalue weighted by atomic mass is 10.1. The number of H-pyrrole nitrogens is 1. The maximum Gasteiger partial charge on any atom is 0.165 e. The third-order valence-corrected chi connectivity index (χ3v) is 2.60. The second-order valence-electron chi connectivity index (χ2n) is 3.47. The minimum atomic E-state index is -0.362. The standard InChI is InChI=1S/C11H13FN2O/c1-6-8(5-13)7-3-9(12)11(15-2)4-10(7)14-6/h3-4,14H,5,13H2,1-2H3. The highest BCUT2D eigenvalue weighted by Gasteiger charge is 2.11. The van der Waals surface area contributed by atoms with Crippen LogP contribution in [0.3, 0.4) is 0 Å². The number of benzene rings is 1. The zero-order valence-electron chi connectivity index (χ0n) is 8.73. The molecule has 0 saturated heterocycles. The van der Waals surface area contributed by atoms with Gasteiger partial charge in [-0.1, -0.05) is 0 Å². The molecule has 0 atom stereocenters. The van der Waals surface area contributed by atoms with Gasteiger partial charge in [-0.25, -0.2) is 4.39 Å². The van der Waals surface area contributed by atoms with Crippen molar-refractivity contribution < 1.29 is 9.13 Å². The third-order valence-electron chi connectivity index (χ3n) is 2.60. The molecule has 0 spiro atoms. The van der Waals surface area contributed by atoms with E-state index in [9.17, 15) is 4.39 Å². The minimum absolute atomic E-state index is 0.243. The summed E-state index contributed by atoms with van der Waals surface area (Å²) < 4.78 is 18.4. The van der Waals surface area contributed by atoms with Crippen molar-refractivity contribution in [2.75, 3.05) is 7.11 Å². The van der Waals surface area contributed by atoms with E-state index >= 15 is 0 Å². The molecule has 0 fully saturated rings. The van der Waals surface area contributed by atoms with E-state index in [0.717, 1.165) is 22.2 Å². The van der Waals surface area contributed by atoms with Crippen LogP contribution in [0.1, 0.15) is 11.3 Å². The lowest BCUT2D eigenvalue weighted by molar-refractivity contribution is 0.387. The molecule has 0 unspecified atom stereocenters. The van der Waals surface area contributed by atoms with Crippen molar-refractivity contribution >= 4 is 10.9 Å². The molecular weight excluding hydrogens is 195 g/mol. The number of fused-ring (bicyclic) bond motifs is 1. The maximum atomic E-state index is 13.5. The summed E-state index contributed by atoms with van der Waals surface area (Å²) in [5, 5.41) is 0.827. The first-order valence-corrected chi connectivity index (χ1v) is 4.72. The zero-order chi connectivity index (χ0) is 11.0. The van der Waals surface area contributed by atoms with E-state index < -0.39 is 0 Å². The van der Waals surface area contributed by atoms with Crippen LogP contribution in [-0.2, 0) is 6.54 Å². The second kappa shape index (κ2) is 3.55. The quantitative estimate of drug-likeness (QED) is 0.793. The van der Waals surface area contributed by atoms with E-state index in [1.807, 2.05) is 6.92 Å². The Morgan fingerprint density at radius 1 is 1.47 bits per heavy atom. The molecule has 4 heteroatoms. The van der Waals surface area contributed by atoms with Crippen molar-refractivity contribution in [2.24, 2.45) is 5.73 Å². The van der Waals surface area contributed by atoms with Crippen LogP contribution in [0.4, 0.5) is 4.39 Å². The molecule has 80 valence electrons. The van der Waals surface area contributed by atoms with Crippen molar-refractivity contribution in [3.05, 3.63) is 29.2 Å². The summed E-state index contributed by atoms with van der Waals surface area (Å²) in [4.78, 5) is 3.15. The van der Waals surface area contributed by atoms with Gasteiger partial charge in [-0.3, -0.25) is 0 Å². The van der Waals surface area contributed by atoms with Crippen LogP contribution >= 0.6 is 0 Å². The van der Waals surface area contributed by atoms with Crippen LogP contribution in [0.25, 0.3) is 10.9 Å². The van der Waals surface area contributed by atoms with E-state index in [2.05, 4.69) is 4.98 Å². The molecule has 1 heterocycles. The second-order valence-corrected chi connectivity index (χ2v) is 3.47. The SMILES string of the molecule is COc1cc2[nH]c(C)c(CN)c2cc1F. The van der Waals surface area contributed by atoms with Gasteiger partial charge in [0.05, 0.1) is 7.11 Å². The topological polar surface area (TPSA) is 51.0 Å². The average Bonchev–Trinajstić information content (AvgIpc) is 2.51.